The minimum Gasteiger partial charge on any atom is -0.394 e. The minimum absolute atomic E-state index is 0.0255. The first-order valence-corrected chi connectivity index (χ1v) is 12.5. The molecule has 0 radical (unpaired) electrons. The maximum Gasteiger partial charge on any atom is 0.114 e. The van der Waals surface area contributed by atoms with Crippen LogP contribution in [-0.4, -0.2) is 56.2 Å². The number of benzene rings is 1. The lowest BCUT2D eigenvalue weighted by Crippen LogP contribution is -2.51. The van der Waals surface area contributed by atoms with Gasteiger partial charge in [-0.25, -0.2) is 4.68 Å². The Balaban J connectivity index is 1.48. The van der Waals surface area contributed by atoms with Crippen molar-refractivity contribution < 1.29 is 19.7 Å². The maximum absolute atomic E-state index is 10.4. The largest absolute Gasteiger partial charge is 0.394 e. The highest BCUT2D eigenvalue weighted by molar-refractivity contribution is 5.36. The van der Waals surface area contributed by atoms with Crippen molar-refractivity contribution in [2.24, 2.45) is 0 Å². The van der Waals surface area contributed by atoms with E-state index in [1.165, 1.54) is 5.56 Å². The van der Waals surface area contributed by atoms with Crippen molar-refractivity contribution in [3.63, 3.8) is 0 Å². The molecule has 2 saturated heterocycles. The van der Waals surface area contributed by atoms with Crippen molar-refractivity contribution >= 4 is 0 Å². The van der Waals surface area contributed by atoms with Gasteiger partial charge in [-0.05, 0) is 63.6 Å². The third kappa shape index (κ3) is 6.05. The summed E-state index contributed by atoms with van der Waals surface area (Å²) in [7, 11) is 0. The van der Waals surface area contributed by atoms with Crippen molar-refractivity contribution in [3.8, 4) is 11.8 Å². The summed E-state index contributed by atoms with van der Waals surface area (Å²) in [6.45, 7) is 5.58. The van der Waals surface area contributed by atoms with Crippen LogP contribution in [0.1, 0.15) is 82.2 Å². The molecule has 4 rings (SSSR count). The first kappa shape index (κ1) is 24.9. The smallest absolute Gasteiger partial charge is 0.114 e. The van der Waals surface area contributed by atoms with Crippen LogP contribution in [0.5, 0.6) is 0 Å². The Hall–Kier alpha value is -2.24. The molecule has 0 aliphatic carbocycles. The second-order valence-corrected chi connectivity index (χ2v) is 10.0. The maximum atomic E-state index is 10.4. The van der Waals surface area contributed by atoms with Gasteiger partial charge in [0.2, 0.25) is 0 Å². The SMILES string of the molecule is CCCC#Cc1ccc(CC[C@H]2O[C@H]3CC[C@@H](CO)O[C@H]3C[C@@H]2n2cc(C(C)(C)O)nn2)cc1. The van der Waals surface area contributed by atoms with Crippen LogP contribution in [0.2, 0.25) is 0 Å². The van der Waals surface area contributed by atoms with Gasteiger partial charge >= 0.3 is 0 Å². The number of unbranched alkanes of at least 4 members (excludes halogenated alkanes) is 1. The van der Waals surface area contributed by atoms with E-state index in [9.17, 15) is 10.2 Å². The molecule has 2 aromatic rings. The van der Waals surface area contributed by atoms with Crippen LogP contribution in [0.15, 0.2) is 30.5 Å². The molecule has 3 heterocycles. The summed E-state index contributed by atoms with van der Waals surface area (Å²) in [6, 6.07) is 8.41. The number of hydrogen-bond acceptors (Lipinski definition) is 6. The fourth-order valence-electron chi connectivity index (χ4n) is 4.75. The quantitative estimate of drug-likeness (QED) is 0.606. The van der Waals surface area contributed by atoms with E-state index in [4.69, 9.17) is 9.47 Å². The molecule has 7 heteroatoms. The Morgan fingerprint density at radius 2 is 1.94 bits per heavy atom. The van der Waals surface area contributed by atoms with Gasteiger partial charge < -0.3 is 19.7 Å². The van der Waals surface area contributed by atoms with Crippen LogP contribution in [0.25, 0.3) is 0 Å². The molecular weight excluding hydrogens is 430 g/mol. The van der Waals surface area contributed by atoms with Crippen LogP contribution >= 0.6 is 0 Å². The second-order valence-electron chi connectivity index (χ2n) is 10.0. The first-order chi connectivity index (χ1) is 16.4. The lowest BCUT2D eigenvalue weighted by molar-refractivity contribution is -0.209. The second kappa shape index (κ2) is 11.0. The molecule has 2 aliphatic heterocycles. The van der Waals surface area contributed by atoms with Gasteiger partial charge in [-0.3, -0.25) is 0 Å². The van der Waals surface area contributed by atoms with Crippen LogP contribution in [0.4, 0.5) is 0 Å². The molecule has 5 atom stereocenters. The van der Waals surface area contributed by atoms with Crippen molar-refractivity contribution in [2.75, 3.05) is 6.61 Å². The normalized spacial score (nSPS) is 27.0. The van der Waals surface area contributed by atoms with Crippen LogP contribution in [-0.2, 0) is 21.5 Å². The Morgan fingerprint density at radius 3 is 2.62 bits per heavy atom. The highest BCUT2D eigenvalue weighted by Crippen LogP contribution is 2.38. The number of ether oxygens (including phenoxy) is 2. The van der Waals surface area contributed by atoms with Crippen molar-refractivity contribution in [1.82, 2.24) is 15.0 Å². The Morgan fingerprint density at radius 1 is 1.15 bits per heavy atom. The molecule has 34 heavy (non-hydrogen) atoms. The van der Waals surface area contributed by atoms with Gasteiger partial charge in [-0.2, -0.15) is 0 Å². The van der Waals surface area contributed by atoms with Gasteiger partial charge in [-0.1, -0.05) is 36.1 Å². The van der Waals surface area contributed by atoms with Crippen LogP contribution < -0.4 is 0 Å². The van der Waals surface area contributed by atoms with Crippen LogP contribution in [0, 0.1) is 11.8 Å². The summed E-state index contributed by atoms with van der Waals surface area (Å²) < 4.78 is 14.5. The molecule has 184 valence electrons. The van der Waals surface area contributed by atoms with Gasteiger partial charge in [0.1, 0.15) is 11.3 Å². The van der Waals surface area contributed by atoms with Crippen molar-refractivity contribution in [3.05, 3.63) is 47.3 Å². The lowest BCUT2D eigenvalue weighted by Gasteiger charge is -2.45. The minimum atomic E-state index is -1.06. The zero-order valence-corrected chi connectivity index (χ0v) is 20.5. The number of aliphatic hydroxyl groups is 2. The molecule has 0 spiro atoms. The number of rotatable bonds is 7. The number of aromatic nitrogens is 3. The van der Waals surface area contributed by atoms with E-state index in [2.05, 4.69) is 53.3 Å². The third-order valence-corrected chi connectivity index (χ3v) is 6.77. The zero-order chi connectivity index (χ0) is 24.1. The van der Waals surface area contributed by atoms with E-state index in [0.29, 0.717) is 5.69 Å². The summed E-state index contributed by atoms with van der Waals surface area (Å²) >= 11 is 0. The molecular formula is C27H37N3O4. The summed E-state index contributed by atoms with van der Waals surface area (Å²) in [5, 5.41) is 28.5. The molecule has 0 saturated carbocycles. The number of aryl methyl sites for hydroxylation is 1. The average molecular weight is 468 g/mol. The monoisotopic (exact) mass is 467 g/mol. The number of aliphatic hydroxyl groups excluding tert-OH is 1. The predicted molar refractivity (Wildman–Crippen MR) is 129 cm³/mol. The summed E-state index contributed by atoms with van der Waals surface area (Å²) in [4.78, 5) is 0. The van der Waals surface area contributed by atoms with E-state index in [1.54, 1.807) is 13.8 Å². The molecule has 2 aliphatic rings. The number of fused-ring (bicyclic) bond motifs is 1. The van der Waals surface area contributed by atoms with Crippen molar-refractivity contribution in [1.29, 1.82) is 0 Å². The fourth-order valence-corrected chi connectivity index (χ4v) is 4.75. The van der Waals surface area contributed by atoms with E-state index in [-0.39, 0.29) is 37.1 Å². The lowest BCUT2D eigenvalue weighted by atomic mass is 9.88. The number of hydrogen-bond donors (Lipinski definition) is 2. The summed E-state index contributed by atoms with van der Waals surface area (Å²) in [5.74, 6) is 6.41. The van der Waals surface area contributed by atoms with E-state index >= 15 is 0 Å². The highest BCUT2D eigenvalue weighted by atomic mass is 16.6. The summed E-state index contributed by atoms with van der Waals surface area (Å²) in [5.41, 5.74) is 1.77. The van der Waals surface area contributed by atoms with Gasteiger partial charge in [0.05, 0.1) is 43.3 Å². The van der Waals surface area contributed by atoms with E-state index < -0.39 is 5.60 Å². The molecule has 1 aromatic heterocycles. The average Bonchev–Trinajstić information content (AvgIpc) is 3.34. The summed E-state index contributed by atoms with van der Waals surface area (Å²) in [6.07, 6.45) is 7.74. The Bertz CT molecular complexity index is 986. The van der Waals surface area contributed by atoms with Crippen molar-refractivity contribution in [2.45, 2.75) is 102 Å². The molecule has 1 aromatic carbocycles. The Labute approximate surface area is 202 Å². The zero-order valence-electron chi connectivity index (χ0n) is 20.5. The van der Waals surface area contributed by atoms with Gasteiger partial charge in [-0.15, -0.1) is 5.10 Å². The first-order valence-electron chi connectivity index (χ1n) is 12.5. The van der Waals surface area contributed by atoms with Gasteiger partial charge in [0.15, 0.2) is 0 Å². The molecule has 7 nitrogen and oxygen atoms in total. The van der Waals surface area contributed by atoms with Crippen LogP contribution in [0.3, 0.4) is 0 Å². The molecule has 2 N–H and O–H groups in total. The highest BCUT2D eigenvalue weighted by Gasteiger charge is 2.43. The molecule has 0 amide bonds. The standard InChI is InChI=1S/C27H37N3O4/c1-4-5-6-7-19-8-10-20(11-9-19)12-14-23-22(30-17-26(28-29-30)27(2,3)32)16-25-24(34-23)15-13-21(18-31)33-25/h8-11,17,21-25,31-32H,4-5,12-16,18H2,1-3H3/t21-,22-,23+,24-,25-/m0/s1. The third-order valence-electron chi connectivity index (χ3n) is 6.77. The van der Waals surface area contributed by atoms with Gasteiger partial charge in [0.25, 0.3) is 0 Å². The molecule has 2 fully saturated rings. The molecule has 0 bridgehead atoms. The van der Waals surface area contributed by atoms with E-state index in [0.717, 1.165) is 50.5 Å². The predicted octanol–water partition coefficient (Wildman–Crippen LogP) is 3.53. The Kier molecular flexibility index (Phi) is 8.05. The molecule has 0 unspecified atom stereocenters. The van der Waals surface area contributed by atoms with Gasteiger partial charge in [0, 0.05) is 18.4 Å². The topological polar surface area (TPSA) is 89.6 Å². The van der Waals surface area contributed by atoms with E-state index in [1.807, 2.05) is 10.9 Å². The number of nitrogens with zero attached hydrogens (tertiary/aromatic N) is 3. The fraction of sp³-hybridized carbons (Fsp3) is 0.630.